The number of carbonyl (C=O) groups excluding carboxylic acids is 2. The van der Waals surface area contributed by atoms with Crippen molar-refractivity contribution in [2.45, 2.75) is 57.4 Å². The topological polar surface area (TPSA) is 49.4 Å². The van der Waals surface area contributed by atoms with E-state index in [4.69, 9.17) is 0 Å². The summed E-state index contributed by atoms with van der Waals surface area (Å²) in [5.41, 5.74) is 0. The molecule has 0 aromatic carbocycles. The van der Waals surface area contributed by atoms with Crippen LogP contribution in [-0.2, 0) is 9.59 Å². The number of nitrogens with zero attached hydrogens (tertiary/aromatic N) is 1. The molecule has 4 rings (SSSR count). The van der Waals surface area contributed by atoms with Crippen LogP contribution in [0.25, 0.3) is 0 Å². The lowest BCUT2D eigenvalue weighted by Gasteiger charge is -2.35. The van der Waals surface area contributed by atoms with E-state index in [1.54, 1.807) is 0 Å². The number of piperidine rings is 1. The van der Waals surface area contributed by atoms with Gasteiger partial charge in [-0.2, -0.15) is 0 Å². The molecule has 2 bridgehead atoms. The van der Waals surface area contributed by atoms with Crippen LogP contribution >= 0.6 is 0 Å². The average Bonchev–Trinajstić information content (AvgIpc) is 3.07. The highest BCUT2D eigenvalue weighted by Gasteiger charge is 2.45. The summed E-state index contributed by atoms with van der Waals surface area (Å²) < 4.78 is 0. The Morgan fingerprint density at radius 2 is 1.86 bits per heavy atom. The van der Waals surface area contributed by atoms with Crippen LogP contribution in [0.5, 0.6) is 0 Å². The number of nitrogens with one attached hydrogen (secondary N) is 1. The fourth-order valence-electron chi connectivity index (χ4n) is 4.72. The largest absolute Gasteiger partial charge is 0.353 e. The lowest BCUT2D eigenvalue weighted by Crippen LogP contribution is -2.48. The number of rotatable bonds is 3. The number of amides is 2. The molecule has 3 saturated carbocycles. The highest BCUT2D eigenvalue weighted by atomic mass is 16.2. The normalized spacial score (nSPS) is 38.6. The first-order valence-electron chi connectivity index (χ1n) is 8.80. The zero-order valence-electron chi connectivity index (χ0n) is 12.7. The van der Waals surface area contributed by atoms with Crippen LogP contribution < -0.4 is 5.32 Å². The van der Waals surface area contributed by atoms with Gasteiger partial charge in [0.15, 0.2) is 0 Å². The standard InChI is InChI=1S/C17H26N2O2/c20-16(18-14-5-6-14)13-2-1-7-19(10-13)17(21)15-9-11-3-4-12(15)8-11/h11-15H,1-10H2,(H,18,20). The molecule has 4 nitrogen and oxygen atoms in total. The van der Waals surface area contributed by atoms with Crippen LogP contribution in [0.1, 0.15) is 51.4 Å². The molecule has 1 aliphatic heterocycles. The van der Waals surface area contributed by atoms with Crippen molar-refractivity contribution in [1.29, 1.82) is 0 Å². The van der Waals surface area contributed by atoms with Gasteiger partial charge in [0.1, 0.15) is 0 Å². The summed E-state index contributed by atoms with van der Waals surface area (Å²) in [6.45, 7) is 1.52. The first kappa shape index (κ1) is 13.6. The zero-order chi connectivity index (χ0) is 14.4. The second kappa shape index (κ2) is 5.29. The predicted octanol–water partition coefficient (Wildman–Crippen LogP) is 1.94. The van der Waals surface area contributed by atoms with Crippen molar-refractivity contribution in [2.75, 3.05) is 13.1 Å². The molecule has 1 saturated heterocycles. The van der Waals surface area contributed by atoms with E-state index in [1.165, 1.54) is 19.3 Å². The van der Waals surface area contributed by atoms with E-state index < -0.39 is 0 Å². The maximum absolute atomic E-state index is 12.8. The highest BCUT2D eigenvalue weighted by Crippen LogP contribution is 2.49. The van der Waals surface area contributed by atoms with Crippen LogP contribution in [0.2, 0.25) is 0 Å². The van der Waals surface area contributed by atoms with E-state index in [2.05, 4.69) is 5.32 Å². The molecule has 0 spiro atoms. The summed E-state index contributed by atoms with van der Waals surface area (Å²) >= 11 is 0. The Morgan fingerprint density at radius 1 is 1.00 bits per heavy atom. The molecule has 4 unspecified atom stereocenters. The summed E-state index contributed by atoms with van der Waals surface area (Å²) in [4.78, 5) is 27.0. The molecule has 4 fully saturated rings. The van der Waals surface area contributed by atoms with Gasteiger partial charge in [-0.25, -0.2) is 0 Å². The van der Waals surface area contributed by atoms with Crippen molar-refractivity contribution in [3.63, 3.8) is 0 Å². The number of hydrogen-bond acceptors (Lipinski definition) is 2. The zero-order valence-corrected chi connectivity index (χ0v) is 12.7. The lowest BCUT2D eigenvalue weighted by atomic mass is 9.86. The molecule has 0 aromatic heterocycles. The van der Waals surface area contributed by atoms with Crippen molar-refractivity contribution < 1.29 is 9.59 Å². The van der Waals surface area contributed by atoms with Crippen LogP contribution in [-0.4, -0.2) is 35.8 Å². The molecule has 3 aliphatic carbocycles. The third-order valence-corrected chi connectivity index (χ3v) is 6.08. The Kier molecular flexibility index (Phi) is 3.43. The van der Waals surface area contributed by atoms with E-state index >= 15 is 0 Å². The molecule has 21 heavy (non-hydrogen) atoms. The predicted molar refractivity (Wildman–Crippen MR) is 79.4 cm³/mol. The molecule has 1 N–H and O–H groups in total. The van der Waals surface area contributed by atoms with E-state index in [9.17, 15) is 9.59 Å². The molecule has 0 radical (unpaired) electrons. The molecular formula is C17H26N2O2. The van der Waals surface area contributed by atoms with Gasteiger partial charge in [-0.05, 0) is 56.8 Å². The third kappa shape index (κ3) is 2.69. The number of carbonyl (C=O) groups is 2. The number of likely N-dealkylation sites (tertiary alicyclic amines) is 1. The van der Waals surface area contributed by atoms with E-state index in [0.717, 1.165) is 44.6 Å². The molecule has 116 valence electrons. The third-order valence-electron chi connectivity index (χ3n) is 6.08. The van der Waals surface area contributed by atoms with Crippen molar-refractivity contribution in [1.82, 2.24) is 10.2 Å². The molecule has 4 aliphatic rings. The Labute approximate surface area is 126 Å². The van der Waals surface area contributed by atoms with Crippen LogP contribution in [0.15, 0.2) is 0 Å². The monoisotopic (exact) mass is 290 g/mol. The van der Waals surface area contributed by atoms with Crippen molar-refractivity contribution in [3.05, 3.63) is 0 Å². The van der Waals surface area contributed by atoms with E-state index in [0.29, 0.717) is 24.4 Å². The Hall–Kier alpha value is -1.06. The van der Waals surface area contributed by atoms with Crippen LogP contribution in [0.3, 0.4) is 0 Å². The summed E-state index contributed by atoms with van der Waals surface area (Å²) in [5, 5.41) is 3.10. The van der Waals surface area contributed by atoms with E-state index in [1.807, 2.05) is 4.90 Å². The summed E-state index contributed by atoms with van der Waals surface area (Å²) in [7, 11) is 0. The molecular weight excluding hydrogens is 264 g/mol. The van der Waals surface area contributed by atoms with Gasteiger partial charge in [-0.1, -0.05) is 6.42 Å². The maximum atomic E-state index is 12.8. The van der Waals surface area contributed by atoms with Gasteiger partial charge in [0.05, 0.1) is 5.92 Å². The number of fused-ring (bicyclic) bond motifs is 2. The Bertz CT molecular complexity index is 446. The smallest absolute Gasteiger partial charge is 0.225 e. The fraction of sp³-hybridized carbons (Fsp3) is 0.882. The maximum Gasteiger partial charge on any atom is 0.225 e. The van der Waals surface area contributed by atoms with Gasteiger partial charge in [-0.15, -0.1) is 0 Å². The fourth-order valence-corrected chi connectivity index (χ4v) is 4.72. The van der Waals surface area contributed by atoms with Crippen molar-refractivity contribution >= 4 is 11.8 Å². The number of hydrogen-bond donors (Lipinski definition) is 1. The Morgan fingerprint density at radius 3 is 2.52 bits per heavy atom. The van der Waals surface area contributed by atoms with Gasteiger partial charge in [0, 0.05) is 25.0 Å². The average molecular weight is 290 g/mol. The summed E-state index contributed by atoms with van der Waals surface area (Å²) in [5.74, 6) is 2.29. The van der Waals surface area contributed by atoms with Gasteiger partial charge in [0.2, 0.25) is 11.8 Å². The minimum atomic E-state index is 0.0295. The molecule has 4 atom stereocenters. The quantitative estimate of drug-likeness (QED) is 0.863. The summed E-state index contributed by atoms with van der Waals surface area (Å²) in [6, 6.07) is 0.425. The SMILES string of the molecule is O=C(NC1CC1)C1CCCN(C(=O)C2CC3CCC2C3)C1. The van der Waals surface area contributed by atoms with Crippen LogP contribution in [0, 0.1) is 23.7 Å². The second-order valence-electron chi connectivity index (χ2n) is 7.69. The second-order valence-corrected chi connectivity index (χ2v) is 7.69. The highest BCUT2D eigenvalue weighted by molar-refractivity contribution is 5.83. The van der Waals surface area contributed by atoms with Gasteiger partial charge in [-0.3, -0.25) is 9.59 Å². The Balaban J connectivity index is 1.36. The minimum absolute atomic E-state index is 0.0295. The first-order chi connectivity index (χ1) is 10.2. The van der Waals surface area contributed by atoms with Gasteiger partial charge < -0.3 is 10.2 Å². The van der Waals surface area contributed by atoms with Gasteiger partial charge in [0.25, 0.3) is 0 Å². The molecule has 1 heterocycles. The van der Waals surface area contributed by atoms with Gasteiger partial charge >= 0.3 is 0 Å². The molecule has 2 amide bonds. The molecule has 4 heteroatoms. The lowest BCUT2D eigenvalue weighted by molar-refractivity contribution is -0.140. The molecule has 0 aromatic rings. The van der Waals surface area contributed by atoms with E-state index in [-0.39, 0.29) is 17.7 Å². The first-order valence-corrected chi connectivity index (χ1v) is 8.80. The van der Waals surface area contributed by atoms with Crippen molar-refractivity contribution in [3.8, 4) is 0 Å². The minimum Gasteiger partial charge on any atom is -0.353 e. The summed E-state index contributed by atoms with van der Waals surface area (Å²) in [6.07, 6.45) is 9.16. The van der Waals surface area contributed by atoms with Crippen molar-refractivity contribution in [2.24, 2.45) is 23.7 Å². The van der Waals surface area contributed by atoms with Crippen LogP contribution in [0.4, 0.5) is 0 Å².